The second kappa shape index (κ2) is 8.11. The Bertz CT molecular complexity index is 1330. The lowest BCUT2D eigenvalue weighted by Crippen LogP contribution is -2.08. The molecule has 1 aromatic heterocycles. The first-order valence-electron chi connectivity index (χ1n) is 9.88. The number of aryl methyl sites for hydroxylation is 3. The minimum atomic E-state index is -0.501. The van der Waals surface area contributed by atoms with E-state index in [1.807, 2.05) is 43.3 Å². The van der Waals surface area contributed by atoms with Crippen LogP contribution in [-0.2, 0) is 0 Å². The number of methoxy groups -OCH3 is 1. The molecule has 5 heteroatoms. The van der Waals surface area contributed by atoms with Gasteiger partial charge in [0.2, 0.25) is 0 Å². The van der Waals surface area contributed by atoms with Crippen molar-refractivity contribution in [3.63, 3.8) is 0 Å². The molecule has 1 heterocycles. The van der Waals surface area contributed by atoms with Crippen molar-refractivity contribution in [1.29, 1.82) is 0 Å². The van der Waals surface area contributed by atoms with Gasteiger partial charge in [0.1, 0.15) is 23.0 Å². The molecule has 4 rings (SSSR count). The number of carbonyl (C=O) groups is 1. The monoisotopic (exact) mass is 414 g/mol. The molecule has 0 radical (unpaired) electrons. The molecular weight excluding hydrogens is 392 g/mol. The third kappa shape index (κ3) is 3.94. The number of ether oxygens (including phenoxy) is 2. The number of rotatable bonds is 4. The first-order chi connectivity index (χ1) is 14.9. The van der Waals surface area contributed by atoms with Crippen LogP contribution in [0.15, 0.2) is 69.9 Å². The van der Waals surface area contributed by atoms with E-state index in [2.05, 4.69) is 0 Å². The van der Waals surface area contributed by atoms with Crippen molar-refractivity contribution < 1.29 is 18.7 Å². The number of benzene rings is 2. The molecule has 0 unspecified atom stereocenters. The zero-order valence-corrected chi connectivity index (χ0v) is 17.8. The average Bonchev–Trinajstić information content (AvgIpc) is 2.97. The minimum Gasteiger partial charge on any atom is -0.497 e. The molecule has 0 aliphatic carbocycles. The Morgan fingerprint density at radius 2 is 1.45 bits per heavy atom. The lowest BCUT2D eigenvalue weighted by molar-refractivity contribution is 0.0737. The normalized spacial score (nSPS) is 10.8. The highest BCUT2D eigenvalue weighted by molar-refractivity contribution is 5.97. The molecule has 156 valence electrons. The lowest BCUT2D eigenvalue weighted by atomic mass is 10.1. The van der Waals surface area contributed by atoms with Gasteiger partial charge < -0.3 is 13.9 Å². The summed E-state index contributed by atoms with van der Waals surface area (Å²) in [7, 11) is 1.59. The van der Waals surface area contributed by atoms with Crippen LogP contribution in [0.25, 0.3) is 21.9 Å². The molecule has 0 aliphatic heterocycles. The predicted molar refractivity (Wildman–Crippen MR) is 120 cm³/mol. The summed E-state index contributed by atoms with van der Waals surface area (Å²) in [5.74, 6) is 1.50. The molecule has 5 nitrogen and oxygen atoms in total. The minimum absolute atomic E-state index is 0.201. The highest BCUT2D eigenvalue weighted by Crippen LogP contribution is 2.34. The molecule has 4 aromatic rings. The summed E-state index contributed by atoms with van der Waals surface area (Å²) in [5, 5.41) is 0.909. The van der Waals surface area contributed by atoms with Crippen LogP contribution in [0.4, 0.5) is 0 Å². The van der Waals surface area contributed by atoms with E-state index < -0.39 is 5.97 Å². The van der Waals surface area contributed by atoms with Crippen molar-refractivity contribution in [3.8, 4) is 22.6 Å². The number of carbonyl (C=O) groups excluding carboxylic acids is 1. The highest BCUT2D eigenvalue weighted by Gasteiger charge is 2.19. The largest absolute Gasteiger partial charge is 0.497 e. The highest BCUT2D eigenvalue weighted by atomic mass is 16.5. The molecule has 0 aliphatic rings. The number of fused-ring (bicyclic) bond motifs is 1. The fourth-order valence-corrected chi connectivity index (χ4v) is 3.62. The first kappa shape index (κ1) is 20.4. The topological polar surface area (TPSA) is 65.7 Å². The van der Waals surface area contributed by atoms with E-state index in [1.165, 1.54) is 6.07 Å². The molecule has 0 saturated carbocycles. The fraction of sp³-hybridized carbons (Fsp3) is 0.154. The van der Waals surface area contributed by atoms with Crippen LogP contribution in [0, 0.1) is 20.8 Å². The van der Waals surface area contributed by atoms with Crippen molar-refractivity contribution in [1.82, 2.24) is 0 Å². The van der Waals surface area contributed by atoms with Gasteiger partial charge in [0.25, 0.3) is 0 Å². The molecule has 0 spiro atoms. The summed E-state index contributed by atoms with van der Waals surface area (Å²) in [6.07, 6.45) is 0. The fourth-order valence-electron chi connectivity index (χ4n) is 3.62. The van der Waals surface area contributed by atoms with Gasteiger partial charge >= 0.3 is 5.97 Å². The maximum atomic E-state index is 13.1. The summed E-state index contributed by atoms with van der Waals surface area (Å²) in [6.45, 7) is 5.44. The van der Waals surface area contributed by atoms with E-state index in [-0.39, 0.29) is 11.2 Å². The number of hydrogen-bond acceptors (Lipinski definition) is 5. The van der Waals surface area contributed by atoms with Crippen LogP contribution in [0.1, 0.15) is 27.4 Å². The molecule has 0 N–H and O–H groups in total. The van der Waals surface area contributed by atoms with Gasteiger partial charge in [0.05, 0.1) is 23.4 Å². The Morgan fingerprint density at radius 1 is 0.806 bits per heavy atom. The van der Waals surface area contributed by atoms with Crippen LogP contribution < -0.4 is 14.9 Å². The predicted octanol–water partition coefficient (Wildman–Crippen LogP) is 5.61. The van der Waals surface area contributed by atoms with Gasteiger partial charge in [0, 0.05) is 0 Å². The van der Waals surface area contributed by atoms with Crippen molar-refractivity contribution in [3.05, 3.63) is 93.5 Å². The van der Waals surface area contributed by atoms with Crippen molar-refractivity contribution >= 4 is 16.7 Å². The van der Waals surface area contributed by atoms with Crippen molar-refractivity contribution in [2.24, 2.45) is 0 Å². The summed E-state index contributed by atoms with van der Waals surface area (Å²) in [4.78, 5) is 25.9. The molecule has 31 heavy (non-hydrogen) atoms. The standard InChI is InChI=1S/C26H22O5/c1-15-5-7-19(8-6-15)26(28)31-23-14-20(18-9-11-21(29-4)12-10-18)13-22(27)24-16(2)30-17(3)25(23)24/h5-14H,1-4H3. The van der Waals surface area contributed by atoms with E-state index in [0.717, 1.165) is 11.1 Å². The molecular formula is C26H22O5. The van der Waals surface area contributed by atoms with E-state index in [4.69, 9.17) is 13.9 Å². The Labute approximate surface area is 179 Å². The third-order valence-electron chi connectivity index (χ3n) is 5.24. The lowest BCUT2D eigenvalue weighted by Gasteiger charge is -2.06. The van der Waals surface area contributed by atoms with Gasteiger partial charge in [0.15, 0.2) is 5.43 Å². The van der Waals surface area contributed by atoms with Gasteiger partial charge in [-0.25, -0.2) is 4.79 Å². The maximum Gasteiger partial charge on any atom is 0.343 e. The van der Waals surface area contributed by atoms with Crippen molar-refractivity contribution in [2.75, 3.05) is 7.11 Å². The third-order valence-corrected chi connectivity index (χ3v) is 5.24. The zero-order chi connectivity index (χ0) is 22.1. The molecule has 0 bridgehead atoms. The Kier molecular flexibility index (Phi) is 5.34. The molecule has 0 amide bonds. The summed E-state index contributed by atoms with van der Waals surface area (Å²) in [5.41, 5.74) is 2.71. The summed E-state index contributed by atoms with van der Waals surface area (Å²) >= 11 is 0. The van der Waals surface area contributed by atoms with E-state index >= 15 is 0 Å². The Morgan fingerprint density at radius 3 is 2.10 bits per heavy atom. The van der Waals surface area contributed by atoms with Crippen molar-refractivity contribution in [2.45, 2.75) is 20.8 Å². The SMILES string of the molecule is COc1ccc(-c2cc(OC(=O)c3ccc(C)cc3)c3c(C)oc(C)c3c(=O)c2)cc1. The van der Waals surface area contributed by atoms with Crippen LogP contribution in [0.2, 0.25) is 0 Å². The average molecular weight is 414 g/mol. The van der Waals surface area contributed by atoms with Gasteiger partial charge in [-0.15, -0.1) is 0 Å². The first-order valence-corrected chi connectivity index (χ1v) is 9.88. The van der Waals surface area contributed by atoms with Crippen LogP contribution in [0.3, 0.4) is 0 Å². The number of hydrogen-bond donors (Lipinski definition) is 0. The molecule has 3 aromatic carbocycles. The second-order valence-electron chi connectivity index (χ2n) is 7.42. The molecule has 0 atom stereocenters. The van der Waals surface area contributed by atoms with Crippen LogP contribution >= 0.6 is 0 Å². The number of furan rings is 1. The van der Waals surface area contributed by atoms with Gasteiger partial charge in [-0.05, 0) is 68.3 Å². The van der Waals surface area contributed by atoms with E-state index in [0.29, 0.717) is 39.2 Å². The smallest absolute Gasteiger partial charge is 0.343 e. The van der Waals surface area contributed by atoms with Crippen LogP contribution in [-0.4, -0.2) is 13.1 Å². The second-order valence-corrected chi connectivity index (χ2v) is 7.42. The van der Waals surface area contributed by atoms with E-state index in [1.54, 1.807) is 39.2 Å². The van der Waals surface area contributed by atoms with Gasteiger partial charge in [-0.1, -0.05) is 29.8 Å². The molecule has 0 fully saturated rings. The zero-order valence-electron chi connectivity index (χ0n) is 17.8. The van der Waals surface area contributed by atoms with Gasteiger partial charge in [-0.3, -0.25) is 4.79 Å². The summed E-state index contributed by atoms with van der Waals surface area (Å²) < 4.78 is 16.7. The summed E-state index contributed by atoms with van der Waals surface area (Å²) in [6, 6.07) is 17.7. The van der Waals surface area contributed by atoms with Gasteiger partial charge in [-0.2, -0.15) is 0 Å². The Hall–Kier alpha value is -3.86. The quantitative estimate of drug-likeness (QED) is 0.406. The molecule has 0 saturated heterocycles. The van der Waals surface area contributed by atoms with E-state index in [9.17, 15) is 9.59 Å². The maximum absolute atomic E-state index is 13.1. The number of esters is 1. The van der Waals surface area contributed by atoms with Crippen LogP contribution in [0.5, 0.6) is 11.5 Å². The Balaban J connectivity index is 1.90.